The number of carbonyl (C=O) groups is 1. The number of halogens is 1. The Morgan fingerprint density at radius 3 is 2.42 bits per heavy atom. The first kappa shape index (κ1) is 18.3. The minimum Gasteiger partial charge on any atom is -0.274 e. The van der Waals surface area contributed by atoms with Crippen molar-refractivity contribution in [2.24, 2.45) is 0 Å². The van der Waals surface area contributed by atoms with Crippen molar-refractivity contribution >= 4 is 31.9 Å². The molecule has 0 aliphatic carbocycles. The number of sulfonamides is 1. The van der Waals surface area contributed by atoms with Crippen LogP contribution in [-0.2, 0) is 27.8 Å². The Balaban J connectivity index is 1.66. The second-order valence-corrected chi connectivity index (χ2v) is 8.29. The molecule has 0 aliphatic heterocycles. The number of hydrogen-bond donors (Lipinski definition) is 1. The van der Waals surface area contributed by atoms with Crippen LogP contribution in [0.3, 0.4) is 0 Å². The molecular weight excluding hydrogens is 418 g/mol. The topological polar surface area (TPSA) is 81.1 Å². The van der Waals surface area contributed by atoms with E-state index in [1.165, 1.54) is 17.1 Å². The van der Waals surface area contributed by atoms with Gasteiger partial charge in [0.15, 0.2) is 0 Å². The first-order valence-corrected chi connectivity index (χ1v) is 10.1. The van der Waals surface area contributed by atoms with E-state index in [2.05, 4.69) is 25.8 Å². The van der Waals surface area contributed by atoms with Gasteiger partial charge < -0.3 is 0 Å². The Morgan fingerprint density at radius 2 is 1.73 bits per heavy atom. The van der Waals surface area contributed by atoms with Gasteiger partial charge in [0, 0.05) is 10.7 Å². The van der Waals surface area contributed by atoms with Gasteiger partial charge in [-0.25, -0.2) is 13.1 Å². The van der Waals surface area contributed by atoms with Crippen LogP contribution in [0, 0.1) is 0 Å². The summed E-state index contributed by atoms with van der Waals surface area (Å²) in [7, 11) is -3.95. The number of amides is 1. The van der Waals surface area contributed by atoms with E-state index >= 15 is 0 Å². The number of rotatable bonds is 6. The van der Waals surface area contributed by atoms with Crippen LogP contribution in [0.25, 0.3) is 0 Å². The Hall–Kier alpha value is -2.45. The van der Waals surface area contributed by atoms with Gasteiger partial charge in [0.05, 0.1) is 19.2 Å². The highest BCUT2D eigenvalue weighted by atomic mass is 79.9. The van der Waals surface area contributed by atoms with Gasteiger partial charge in [0.25, 0.3) is 10.0 Å². The molecule has 26 heavy (non-hydrogen) atoms. The van der Waals surface area contributed by atoms with Crippen molar-refractivity contribution in [1.82, 2.24) is 14.5 Å². The maximum absolute atomic E-state index is 12.4. The van der Waals surface area contributed by atoms with Crippen LogP contribution in [0.1, 0.15) is 11.1 Å². The van der Waals surface area contributed by atoms with Crippen molar-refractivity contribution in [3.8, 4) is 0 Å². The van der Waals surface area contributed by atoms with Gasteiger partial charge in [-0.3, -0.25) is 9.48 Å². The molecule has 1 N–H and O–H groups in total. The third-order valence-corrected chi connectivity index (χ3v) is 5.49. The molecule has 2 aromatic carbocycles. The lowest BCUT2D eigenvalue weighted by molar-refractivity contribution is -0.118. The van der Waals surface area contributed by atoms with Gasteiger partial charge in [-0.2, -0.15) is 5.10 Å². The van der Waals surface area contributed by atoms with E-state index in [0.717, 1.165) is 15.6 Å². The van der Waals surface area contributed by atoms with Crippen molar-refractivity contribution in [1.29, 1.82) is 0 Å². The monoisotopic (exact) mass is 433 g/mol. The Bertz CT molecular complexity index is 1000. The summed E-state index contributed by atoms with van der Waals surface area (Å²) in [5.41, 5.74) is 1.72. The average molecular weight is 434 g/mol. The molecule has 6 nitrogen and oxygen atoms in total. The van der Waals surface area contributed by atoms with Crippen molar-refractivity contribution in [3.63, 3.8) is 0 Å². The van der Waals surface area contributed by atoms with Crippen LogP contribution in [0.4, 0.5) is 0 Å². The van der Waals surface area contributed by atoms with E-state index in [1.807, 2.05) is 30.3 Å². The number of nitrogens with one attached hydrogen (secondary N) is 1. The van der Waals surface area contributed by atoms with Crippen molar-refractivity contribution in [2.75, 3.05) is 0 Å². The summed E-state index contributed by atoms with van der Waals surface area (Å²) >= 11 is 3.31. The summed E-state index contributed by atoms with van der Waals surface area (Å²) in [5, 5.41) is 4.06. The average Bonchev–Trinajstić information content (AvgIpc) is 3.07. The minimum atomic E-state index is -3.95. The maximum atomic E-state index is 12.4. The van der Waals surface area contributed by atoms with Crippen molar-refractivity contribution < 1.29 is 13.2 Å². The van der Waals surface area contributed by atoms with Crippen LogP contribution in [0.2, 0.25) is 0 Å². The molecule has 0 aliphatic rings. The molecule has 0 bridgehead atoms. The largest absolute Gasteiger partial charge is 0.274 e. The Morgan fingerprint density at radius 1 is 1.04 bits per heavy atom. The lowest BCUT2D eigenvalue weighted by Gasteiger charge is -2.05. The zero-order chi connectivity index (χ0) is 18.6. The summed E-state index contributed by atoms with van der Waals surface area (Å²) < 4.78 is 29.2. The number of hydrogen-bond acceptors (Lipinski definition) is 4. The molecular formula is C18H16BrN3O3S. The fourth-order valence-corrected chi connectivity index (χ4v) is 3.57. The standard InChI is InChI=1S/C18H16BrN3O3S/c19-16-8-6-14(7-9-16)10-18(23)21-26(24,25)17-11-20-22(13-17)12-15-4-2-1-3-5-15/h1-9,11,13H,10,12H2,(H,21,23). The van der Waals surface area contributed by atoms with Gasteiger partial charge in [-0.1, -0.05) is 58.4 Å². The predicted octanol–water partition coefficient (Wildman–Crippen LogP) is 2.74. The first-order chi connectivity index (χ1) is 12.4. The van der Waals surface area contributed by atoms with E-state index in [4.69, 9.17) is 0 Å². The zero-order valence-corrected chi connectivity index (χ0v) is 16.1. The van der Waals surface area contributed by atoms with E-state index in [1.54, 1.807) is 24.3 Å². The number of benzene rings is 2. The number of carbonyl (C=O) groups excluding carboxylic acids is 1. The molecule has 0 saturated carbocycles. The summed E-state index contributed by atoms with van der Waals surface area (Å²) in [6, 6.07) is 16.7. The lowest BCUT2D eigenvalue weighted by Crippen LogP contribution is -2.31. The van der Waals surface area contributed by atoms with Crippen molar-refractivity contribution in [3.05, 3.63) is 82.6 Å². The van der Waals surface area contributed by atoms with Crippen LogP contribution in [-0.4, -0.2) is 24.1 Å². The van der Waals surface area contributed by atoms with Gasteiger partial charge in [-0.05, 0) is 23.3 Å². The number of nitrogens with zero attached hydrogens (tertiary/aromatic N) is 2. The molecule has 0 fully saturated rings. The molecule has 134 valence electrons. The van der Waals surface area contributed by atoms with Crippen LogP contribution < -0.4 is 4.72 Å². The fraction of sp³-hybridized carbons (Fsp3) is 0.111. The molecule has 1 aromatic heterocycles. The normalized spacial score (nSPS) is 11.3. The smallest absolute Gasteiger partial charge is 0.267 e. The minimum absolute atomic E-state index is 0.0232. The van der Waals surface area contributed by atoms with E-state index in [9.17, 15) is 13.2 Å². The predicted molar refractivity (Wildman–Crippen MR) is 101 cm³/mol. The van der Waals surface area contributed by atoms with Crippen LogP contribution >= 0.6 is 15.9 Å². The molecule has 0 spiro atoms. The van der Waals surface area contributed by atoms with Crippen LogP contribution in [0.15, 0.2) is 76.4 Å². The molecule has 1 heterocycles. The van der Waals surface area contributed by atoms with E-state index < -0.39 is 15.9 Å². The van der Waals surface area contributed by atoms with Crippen molar-refractivity contribution in [2.45, 2.75) is 17.9 Å². The maximum Gasteiger partial charge on any atom is 0.267 e. The van der Waals surface area contributed by atoms with Gasteiger partial charge >= 0.3 is 0 Å². The molecule has 3 aromatic rings. The van der Waals surface area contributed by atoms with Gasteiger partial charge in [0.1, 0.15) is 4.90 Å². The Labute approximate surface area is 160 Å². The first-order valence-electron chi connectivity index (χ1n) is 7.79. The molecule has 8 heteroatoms. The third-order valence-electron chi connectivity index (χ3n) is 3.63. The molecule has 1 amide bonds. The summed E-state index contributed by atoms with van der Waals surface area (Å²) in [4.78, 5) is 12.0. The quantitative estimate of drug-likeness (QED) is 0.647. The number of aromatic nitrogens is 2. The molecule has 0 unspecified atom stereocenters. The van der Waals surface area contributed by atoms with Crippen LogP contribution in [0.5, 0.6) is 0 Å². The highest BCUT2D eigenvalue weighted by Crippen LogP contribution is 2.12. The Kier molecular flexibility index (Phi) is 5.53. The third kappa shape index (κ3) is 4.80. The van der Waals surface area contributed by atoms with E-state index in [0.29, 0.717) is 6.54 Å². The SMILES string of the molecule is O=C(Cc1ccc(Br)cc1)NS(=O)(=O)c1cnn(Cc2ccccc2)c1. The highest BCUT2D eigenvalue weighted by molar-refractivity contribution is 9.10. The van der Waals surface area contributed by atoms with E-state index in [-0.39, 0.29) is 11.3 Å². The summed E-state index contributed by atoms with van der Waals surface area (Å²) in [5.74, 6) is -0.594. The molecule has 0 radical (unpaired) electrons. The lowest BCUT2D eigenvalue weighted by atomic mass is 10.1. The molecule has 0 atom stereocenters. The zero-order valence-electron chi connectivity index (χ0n) is 13.7. The summed E-state index contributed by atoms with van der Waals surface area (Å²) in [6.07, 6.45) is 2.62. The summed E-state index contributed by atoms with van der Waals surface area (Å²) in [6.45, 7) is 0.448. The highest BCUT2D eigenvalue weighted by Gasteiger charge is 2.20. The second-order valence-electron chi connectivity index (χ2n) is 5.69. The van der Waals surface area contributed by atoms with Gasteiger partial charge in [-0.15, -0.1) is 0 Å². The molecule has 0 saturated heterocycles. The van der Waals surface area contributed by atoms with Gasteiger partial charge in [0.2, 0.25) is 5.91 Å². The fourth-order valence-electron chi connectivity index (χ4n) is 2.37. The molecule has 3 rings (SSSR count). The second kappa shape index (κ2) is 7.84.